The van der Waals surface area contributed by atoms with E-state index in [-0.39, 0.29) is 32.2 Å². The van der Waals surface area contributed by atoms with E-state index < -0.39 is 85.0 Å². The highest BCUT2D eigenvalue weighted by Crippen LogP contribution is 2.20. The summed E-state index contributed by atoms with van der Waals surface area (Å²) in [6.45, 7) is -1.55. The number of aromatic nitrogens is 1. The SMILES string of the molecule is N[C@@H](Cc1c[nH]c2ccccc12)C(=O)N[C@@H](CO)C(=O)N[C@@H](Cc1ccccc1)C(=O)N[C@@H](CO)C(=O)N1CCC[C@H]1C(=O)N[C@@H](Cc1ccccc1)C(=O)O. The number of rotatable bonds is 18. The zero-order valence-corrected chi connectivity index (χ0v) is 30.6. The Morgan fingerprint density at radius 3 is 1.88 bits per heavy atom. The Kier molecular flexibility index (Phi) is 14.3. The first-order valence-electron chi connectivity index (χ1n) is 18.3. The van der Waals surface area contributed by atoms with E-state index in [4.69, 9.17) is 5.73 Å². The molecule has 16 nitrogen and oxygen atoms in total. The molecular formula is C40H47N7O9. The van der Waals surface area contributed by atoms with Crippen LogP contribution < -0.4 is 27.0 Å². The normalized spacial score (nSPS) is 16.6. The van der Waals surface area contributed by atoms with E-state index in [1.807, 2.05) is 24.3 Å². The van der Waals surface area contributed by atoms with E-state index in [9.17, 15) is 44.1 Å². The van der Waals surface area contributed by atoms with Gasteiger partial charge in [0, 0.05) is 36.5 Å². The number of aliphatic hydroxyl groups excluding tert-OH is 2. The lowest BCUT2D eigenvalue weighted by Crippen LogP contribution is -2.60. The summed E-state index contributed by atoms with van der Waals surface area (Å²) in [7, 11) is 0. The van der Waals surface area contributed by atoms with E-state index in [1.165, 1.54) is 4.90 Å². The molecule has 5 amide bonds. The number of carbonyl (C=O) groups is 6. The standard InChI is InChI=1S/C40H47N7O9/c41-28(20-26-21-42-29-15-8-7-14-27(26)29)35(50)45-32(22-48)37(52)43-30(18-24-10-3-1-4-11-24)36(51)46-33(23-49)39(54)47-17-9-16-34(47)38(53)44-31(40(55)56)19-25-12-5-2-6-13-25/h1-8,10-15,21,28,30-34,42,48-49H,9,16-20,22-23,41H2,(H,43,52)(H,44,53)(H,45,50)(H,46,51)(H,55,56)/t28-,30-,31-,32-,33-,34-/m0/s1. The Morgan fingerprint density at radius 1 is 0.696 bits per heavy atom. The van der Waals surface area contributed by atoms with Gasteiger partial charge < -0.3 is 52.2 Å². The number of aromatic amines is 1. The summed E-state index contributed by atoms with van der Waals surface area (Å²) in [4.78, 5) is 83.7. The number of benzene rings is 3. The van der Waals surface area contributed by atoms with E-state index in [2.05, 4.69) is 26.3 Å². The van der Waals surface area contributed by atoms with Gasteiger partial charge >= 0.3 is 5.97 Å². The Balaban J connectivity index is 1.24. The average molecular weight is 770 g/mol. The number of aliphatic carboxylic acids is 1. The maximum absolute atomic E-state index is 13.8. The molecule has 10 N–H and O–H groups in total. The van der Waals surface area contributed by atoms with Gasteiger partial charge in [0.05, 0.1) is 19.3 Å². The summed E-state index contributed by atoms with van der Waals surface area (Å²) in [5, 5.41) is 41.1. The van der Waals surface area contributed by atoms with Gasteiger partial charge in [-0.25, -0.2) is 4.79 Å². The zero-order valence-electron chi connectivity index (χ0n) is 30.6. The molecule has 0 aliphatic carbocycles. The van der Waals surface area contributed by atoms with Crippen LogP contribution in [0.2, 0.25) is 0 Å². The van der Waals surface area contributed by atoms with Crippen LogP contribution in [0.15, 0.2) is 91.1 Å². The number of nitrogens with two attached hydrogens (primary N) is 1. The van der Waals surface area contributed by atoms with Crippen molar-refractivity contribution in [3.8, 4) is 0 Å². The molecule has 1 aliphatic heterocycles. The molecule has 56 heavy (non-hydrogen) atoms. The van der Waals surface area contributed by atoms with Gasteiger partial charge in [-0.3, -0.25) is 24.0 Å². The summed E-state index contributed by atoms with van der Waals surface area (Å²) in [6.07, 6.45) is 2.48. The van der Waals surface area contributed by atoms with E-state index in [0.29, 0.717) is 17.5 Å². The second-order valence-corrected chi connectivity index (χ2v) is 13.7. The van der Waals surface area contributed by atoms with Crippen molar-refractivity contribution in [1.29, 1.82) is 0 Å². The van der Waals surface area contributed by atoms with Crippen LogP contribution in [0.1, 0.15) is 29.5 Å². The van der Waals surface area contributed by atoms with Gasteiger partial charge in [-0.15, -0.1) is 0 Å². The Bertz CT molecular complexity index is 1990. The van der Waals surface area contributed by atoms with Gasteiger partial charge in [-0.1, -0.05) is 78.9 Å². The quantitative estimate of drug-likeness (QED) is 0.0629. The minimum absolute atomic E-state index is 0.0189. The molecule has 0 bridgehead atoms. The minimum Gasteiger partial charge on any atom is -0.480 e. The molecule has 0 radical (unpaired) electrons. The summed E-state index contributed by atoms with van der Waals surface area (Å²) in [5.74, 6) is -5.18. The first-order chi connectivity index (χ1) is 27.0. The van der Waals surface area contributed by atoms with Crippen LogP contribution in [0.4, 0.5) is 0 Å². The summed E-state index contributed by atoms with van der Waals surface area (Å²) >= 11 is 0. The fourth-order valence-corrected chi connectivity index (χ4v) is 6.71. The van der Waals surface area contributed by atoms with Crippen LogP contribution in [0.3, 0.4) is 0 Å². The highest BCUT2D eigenvalue weighted by atomic mass is 16.4. The lowest BCUT2D eigenvalue weighted by atomic mass is 10.0. The molecule has 0 spiro atoms. The summed E-state index contributed by atoms with van der Waals surface area (Å²) in [6, 6.07) is 17.1. The number of amides is 5. The first-order valence-corrected chi connectivity index (χ1v) is 18.3. The number of carboxylic acid groups (broad SMARTS) is 1. The van der Waals surface area contributed by atoms with Crippen molar-refractivity contribution < 1.29 is 44.1 Å². The van der Waals surface area contributed by atoms with Crippen molar-refractivity contribution in [3.05, 3.63) is 108 Å². The number of nitrogens with zero attached hydrogens (tertiary/aromatic N) is 1. The van der Waals surface area contributed by atoms with E-state index in [0.717, 1.165) is 16.5 Å². The maximum Gasteiger partial charge on any atom is 0.326 e. The fourth-order valence-electron chi connectivity index (χ4n) is 6.71. The van der Waals surface area contributed by atoms with Crippen LogP contribution in [-0.4, -0.2) is 117 Å². The predicted octanol–water partition coefficient (Wildman–Crippen LogP) is -0.477. The number of H-pyrrole nitrogens is 1. The van der Waals surface area contributed by atoms with Gasteiger partial charge in [-0.05, 0) is 42.0 Å². The largest absolute Gasteiger partial charge is 0.480 e. The molecule has 1 aliphatic rings. The highest BCUT2D eigenvalue weighted by molar-refractivity contribution is 5.97. The van der Waals surface area contributed by atoms with Gasteiger partial charge in [0.15, 0.2) is 0 Å². The molecule has 3 aromatic carbocycles. The highest BCUT2D eigenvalue weighted by Gasteiger charge is 2.39. The summed E-state index contributed by atoms with van der Waals surface area (Å²) < 4.78 is 0. The van der Waals surface area contributed by atoms with Gasteiger partial charge in [0.1, 0.15) is 30.2 Å². The lowest BCUT2D eigenvalue weighted by Gasteiger charge is -2.30. The topological polar surface area (TPSA) is 256 Å². The number of para-hydroxylation sites is 1. The molecule has 0 unspecified atom stereocenters. The number of carbonyl (C=O) groups excluding carboxylic acids is 5. The van der Waals surface area contributed by atoms with Crippen LogP contribution in [-0.2, 0) is 48.0 Å². The second kappa shape index (κ2) is 19.5. The van der Waals surface area contributed by atoms with Crippen LogP contribution in [0, 0.1) is 0 Å². The third-order valence-electron chi connectivity index (χ3n) is 9.72. The third-order valence-corrected chi connectivity index (χ3v) is 9.72. The third kappa shape index (κ3) is 10.6. The minimum atomic E-state index is -1.53. The van der Waals surface area contributed by atoms with Crippen LogP contribution >= 0.6 is 0 Å². The molecule has 2 heterocycles. The molecule has 1 fully saturated rings. The fraction of sp³-hybridized carbons (Fsp3) is 0.350. The maximum atomic E-state index is 13.8. The van der Waals surface area contributed by atoms with Crippen molar-refractivity contribution in [2.24, 2.45) is 5.73 Å². The van der Waals surface area contributed by atoms with Gasteiger partial charge in [0.2, 0.25) is 29.5 Å². The second-order valence-electron chi connectivity index (χ2n) is 13.7. The number of hydrogen-bond donors (Lipinski definition) is 9. The Morgan fingerprint density at radius 2 is 1.25 bits per heavy atom. The average Bonchev–Trinajstić information content (AvgIpc) is 3.87. The number of hydrogen-bond acceptors (Lipinski definition) is 9. The molecule has 16 heteroatoms. The monoisotopic (exact) mass is 769 g/mol. The number of carboxylic acids is 1. The Labute approximate surface area is 322 Å². The van der Waals surface area contributed by atoms with Crippen LogP contribution in [0.5, 0.6) is 0 Å². The van der Waals surface area contributed by atoms with Crippen molar-refractivity contribution in [1.82, 2.24) is 31.2 Å². The zero-order chi connectivity index (χ0) is 40.2. The number of fused-ring (bicyclic) bond motifs is 1. The lowest BCUT2D eigenvalue weighted by molar-refractivity contribution is -0.145. The number of likely N-dealkylation sites (tertiary alicyclic amines) is 1. The van der Waals surface area contributed by atoms with Gasteiger partial charge in [-0.2, -0.15) is 0 Å². The summed E-state index contributed by atoms with van der Waals surface area (Å²) in [5.41, 5.74) is 9.16. The Hall–Kier alpha value is -6.10. The predicted molar refractivity (Wildman–Crippen MR) is 205 cm³/mol. The van der Waals surface area contributed by atoms with E-state index >= 15 is 0 Å². The molecule has 4 aromatic rings. The molecule has 1 aromatic heterocycles. The molecule has 296 valence electrons. The van der Waals surface area contributed by atoms with Crippen molar-refractivity contribution in [3.63, 3.8) is 0 Å². The first kappa shape index (κ1) is 41.1. The molecule has 5 rings (SSSR count). The number of nitrogens with one attached hydrogen (secondary N) is 5. The van der Waals surface area contributed by atoms with Crippen LogP contribution in [0.25, 0.3) is 10.9 Å². The molecule has 0 saturated carbocycles. The molecule has 6 atom stereocenters. The molecule has 1 saturated heterocycles. The van der Waals surface area contributed by atoms with Crippen molar-refractivity contribution in [2.75, 3.05) is 19.8 Å². The van der Waals surface area contributed by atoms with Crippen molar-refractivity contribution in [2.45, 2.75) is 68.4 Å². The number of aliphatic hydroxyl groups is 2. The van der Waals surface area contributed by atoms with Crippen molar-refractivity contribution >= 4 is 46.4 Å². The van der Waals surface area contributed by atoms with E-state index in [1.54, 1.807) is 66.9 Å². The smallest absolute Gasteiger partial charge is 0.326 e. The van der Waals surface area contributed by atoms with Gasteiger partial charge in [0.25, 0.3) is 0 Å². The molecular weight excluding hydrogens is 722 g/mol.